The van der Waals surface area contributed by atoms with Crippen LogP contribution in [0.1, 0.15) is 44.4 Å². The average molecular weight is 238 g/mol. The third-order valence-corrected chi connectivity index (χ3v) is 2.63. The Morgan fingerprint density at radius 2 is 2.18 bits per heavy atom. The number of aryl methyl sites for hydroxylation is 1. The predicted octanol–water partition coefficient (Wildman–Crippen LogP) is 0.897. The van der Waals surface area contributed by atoms with Crippen LogP contribution in [0.4, 0.5) is 0 Å². The van der Waals surface area contributed by atoms with Crippen LogP contribution >= 0.6 is 0 Å². The van der Waals surface area contributed by atoms with Crippen molar-refractivity contribution in [1.82, 2.24) is 15.1 Å². The van der Waals surface area contributed by atoms with E-state index in [-0.39, 0.29) is 11.9 Å². The number of nitrogens with two attached hydrogens (primary N) is 1. The standard InChI is InChI=1S/C12H22N4O/c1-8(2)12-10(7-16(4)15-12)6-14-9(3)5-11(13)17/h7-9,14H,5-6H2,1-4H3,(H2,13,17). The minimum Gasteiger partial charge on any atom is -0.370 e. The van der Waals surface area contributed by atoms with E-state index in [2.05, 4.69) is 24.3 Å². The zero-order chi connectivity index (χ0) is 13.0. The number of amides is 1. The monoisotopic (exact) mass is 238 g/mol. The van der Waals surface area contributed by atoms with Gasteiger partial charge in [-0.25, -0.2) is 0 Å². The van der Waals surface area contributed by atoms with Crippen LogP contribution in [0.2, 0.25) is 0 Å². The maximum absolute atomic E-state index is 10.8. The predicted molar refractivity (Wildman–Crippen MR) is 67.4 cm³/mol. The molecule has 0 aliphatic carbocycles. The molecule has 17 heavy (non-hydrogen) atoms. The zero-order valence-electron chi connectivity index (χ0n) is 11.0. The highest BCUT2D eigenvalue weighted by molar-refractivity contribution is 5.74. The number of carbonyl (C=O) groups excluding carboxylic acids is 1. The number of carbonyl (C=O) groups is 1. The van der Waals surface area contributed by atoms with E-state index in [4.69, 9.17) is 5.73 Å². The van der Waals surface area contributed by atoms with Gasteiger partial charge in [-0.2, -0.15) is 5.10 Å². The summed E-state index contributed by atoms with van der Waals surface area (Å²) in [4.78, 5) is 10.8. The quantitative estimate of drug-likeness (QED) is 0.773. The van der Waals surface area contributed by atoms with Gasteiger partial charge in [0.25, 0.3) is 0 Å². The lowest BCUT2D eigenvalue weighted by Crippen LogP contribution is -2.30. The Kier molecular flexibility index (Phi) is 4.69. The summed E-state index contributed by atoms with van der Waals surface area (Å²) in [5.41, 5.74) is 7.43. The molecule has 5 heteroatoms. The van der Waals surface area contributed by atoms with Crippen LogP contribution in [0.15, 0.2) is 6.20 Å². The summed E-state index contributed by atoms with van der Waals surface area (Å²) in [5, 5.41) is 7.72. The molecule has 0 aliphatic heterocycles. The van der Waals surface area contributed by atoms with E-state index in [1.165, 1.54) is 5.56 Å². The number of aromatic nitrogens is 2. The molecule has 3 N–H and O–H groups in total. The van der Waals surface area contributed by atoms with Gasteiger partial charge in [-0.3, -0.25) is 9.48 Å². The van der Waals surface area contributed by atoms with Crippen LogP contribution in [-0.2, 0) is 18.4 Å². The number of nitrogens with one attached hydrogen (secondary N) is 1. The van der Waals surface area contributed by atoms with Crippen molar-refractivity contribution in [3.05, 3.63) is 17.5 Å². The molecule has 0 spiro atoms. The van der Waals surface area contributed by atoms with Gasteiger partial charge in [-0.1, -0.05) is 13.8 Å². The van der Waals surface area contributed by atoms with Crippen LogP contribution in [-0.4, -0.2) is 21.7 Å². The third-order valence-electron chi connectivity index (χ3n) is 2.63. The summed E-state index contributed by atoms with van der Waals surface area (Å²) in [6, 6.07) is 0.0905. The minimum absolute atomic E-state index is 0.0905. The molecule has 1 unspecified atom stereocenters. The Hall–Kier alpha value is -1.36. The van der Waals surface area contributed by atoms with Crippen LogP contribution in [0.3, 0.4) is 0 Å². The first-order chi connectivity index (χ1) is 7.90. The first kappa shape index (κ1) is 13.7. The van der Waals surface area contributed by atoms with Crippen molar-refractivity contribution in [1.29, 1.82) is 0 Å². The molecule has 1 aromatic heterocycles. The van der Waals surface area contributed by atoms with E-state index in [0.717, 1.165) is 12.2 Å². The van der Waals surface area contributed by atoms with Crippen molar-refractivity contribution >= 4 is 5.91 Å². The molecular weight excluding hydrogens is 216 g/mol. The van der Waals surface area contributed by atoms with Gasteiger partial charge in [0.1, 0.15) is 0 Å². The highest BCUT2D eigenvalue weighted by Crippen LogP contribution is 2.17. The molecule has 0 saturated carbocycles. The van der Waals surface area contributed by atoms with Gasteiger partial charge >= 0.3 is 0 Å². The first-order valence-corrected chi connectivity index (χ1v) is 5.94. The van der Waals surface area contributed by atoms with Gasteiger partial charge in [0, 0.05) is 37.8 Å². The third kappa shape index (κ3) is 4.19. The molecule has 0 saturated heterocycles. The average Bonchev–Trinajstić information content (AvgIpc) is 2.55. The molecule has 0 aromatic carbocycles. The van der Waals surface area contributed by atoms with Crippen molar-refractivity contribution in [2.24, 2.45) is 12.8 Å². The summed E-state index contributed by atoms with van der Waals surface area (Å²) in [6.07, 6.45) is 2.37. The molecule has 0 aliphatic rings. The van der Waals surface area contributed by atoms with Crippen molar-refractivity contribution < 1.29 is 4.79 Å². The van der Waals surface area contributed by atoms with Crippen molar-refractivity contribution in [3.63, 3.8) is 0 Å². The number of hydrogen-bond donors (Lipinski definition) is 2. The first-order valence-electron chi connectivity index (χ1n) is 5.94. The normalized spacial score (nSPS) is 13.0. The van der Waals surface area contributed by atoms with Crippen molar-refractivity contribution in [3.8, 4) is 0 Å². The lowest BCUT2D eigenvalue weighted by atomic mass is 10.1. The Labute approximate surface area is 102 Å². The molecule has 1 heterocycles. The van der Waals surface area contributed by atoms with Gasteiger partial charge in [0.05, 0.1) is 5.69 Å². The molecular formula is C12H22N4O. The zero-order valence-corrected chi connectivity index (χ0v) is 11.0. The molecule has 1 aromatic rings. The van der Waals surface area contributed by atoms with Crippen LogP contribution in [0.5, 0.6) is 0 Å². The van der Waals surface area contributed by atoms with Crippen LogP contribution < -0.4 is 11.1 Å². The maximum Gasteiger partial charge on any atom is 0.218 e. The molecule has 96 valence electrons. The lowest BCUT2D eigenvalue weighted by molar-refractivity contribution is -0.118. The van der Waals surface area contributed by atoms with Gasteiger partial charge in [0.2, 0.25) is 5.91 Å². The Morgan fingerprint density at radius 3 is 2.71 bits per heavy atom. The highest BCUT2D eigenvalue weighted by atomic mass is 16.1. The second kappa shape index (κ2) is 5.82. The SMILES string of the molecule is CC(CC(N)=O)NCc1cn(C)nc1C(C)C. The van der Waals surface area contributed by atoms with Crippen LogP contribution in [0, 0.1) is 0 Å². The van der Waals surface area contributed by atoms with Gasteiger partial charge in [0.15, 0.2) is 0 Å². The van der Waals surface area contributed by atoms with Gasteiger partial charge in [-0.05, 0) is 12.8 Å². The summed E-state index contributed by atoms with van der Waals surface area (Å²) in [6.45, 7) is 6.92. The molecule has 0 radical (unpaired) electrons. The van der Waals surface area contributed by atoms with E-state index < -0.39 is 0 Å². The minimum atomic E-state index is -0.278. The Bertz CT molecular complexity index is 384. The molecule has 5 nitrogen and oxygen atoms in total. The smallest absolute Gasteiger partial charge is 0.218 e. The molecule has 1 rings (SSSR count). The largest absolute Gasteiger partial charge is 0.370 e. The lowest BCUT2D eigenvalue weighted by Gasteiger charge is -2.12. The van der Waals surface area contributed by atoms with Crippen molar-refractivity contribution in [2.75, 3.05) is 0 Å². The molecule has 1 atom stereocenters. The maximum atomic E-state index is 10.8. The number of primary amides is 1. The second-order valence-electron chi connectivity index (χ2n) is 4.82. The summed E-state index contributed by atoms with van der Waals surface area (Å²) >= 11 is 0. The fraction of sp³-hybridized carbons (Fsp3) is 0.667. The van der Waals surface area contributed by atoms with E-state index in [0.29, 0.717) is 12.3 Å². The summed E-state index contributed by atoms with van der Waals surface area (Å²) in [5.74, 6) is 0.125. The fourth-order valence-electron chi connectivity index (χ4n) is 1.84. The molecule has 1 amide bonds. The summed E-state index contributed by atoms with van der Waals surface area (Å²) in [7, 11) is 1.92. The topological polar surface area (TPSA) is 72.9 Å². The van der Waals surface area contributed by atoms with E-state index in [1.807, 2.05) is 24.9 Å². The number of nitrogens with zero attached hydrogens (tertiary/aromatic N) is 2. The fourth-order valence-corrected chi connectivity index (χ4v) is 1.84. The molecule has 0 fully saturated rings. The van der Waals surface area contributed by atoms with E-state index in [1.54, 1.807) is 0 Å². The van der Waals surface area contributed by atoms with Crippen LogP contribution in [0.25, 0.3) is 0 Å². The van der Waals surface area contributed by atoms with Crippen molar-refractivity contribution in [2.45, 2.75) is 45.7 Å². The summed E-state index contributed by atoms with van der Waals surface area (Å²) < 4.78 is 1.82. The highest BCUT2D eigenvalue weighted by Gasteiger charge is 2.12. The van der Waals surface area contributed by atoms with E-state index >= 15 is 0 Å². The molecule has 0 bridgehead atoms. The Morgan fingerprint density at radius 1 is 1.53 bits per heavy atom. The number of rotatable bonds is 6. The Balaban J connectivity index is 2.59. The number of hydrogen-bond acceptors (Lipinski definition) is 3. The van der Waals surface area contributed by atoms with Gasteiger partial charge in [-0.15, -0.1) is 0 Å². The van der Waals surface area contributed by atoms with E-state index in [9.17, 15) is 4.79 Å². The second-order valence-corrected chi connectivity index (χ2v) is 4.82. The van der Waals surface area contributed by atoms with Gasteiger partial charge < -0.3 is 11.1 Å².